The highest BCUT2D eigenvalue weighted by Crippen LogP contribution is 2.19. The van der Waals surface area contributed by atoms with E-state index in [9.17, 15) is 9.59 Å². The van der Waals surface area contributed by atoms with Crippen LogP contribution in [0.1, 0.15) is 43.0 Å². The molecule has 1 atom stereocenters. The zero-order valence-electron chi connectivity index (χ0n) is 15.1. The fraction of sp³-hybridized carbons (Fsp3) is 0.333. The van der Waals surface area contributed by atoms with Gasteiger partial charge in [-0.1, -0.05) is 68.4 Å². The summed E-state index contributed by atoms with van der Waals surface area (Å²) >= 11 is 0. The third-order valence-corrected chi connectivity index (χ3v) is 3.91. The van der Waals surface area contributed by atoms with Gasteiger partial charge >= 0.3 is 12.1 Å². The molecule has 0 spiro atoms. The van der Waals surface area contributed by atoms with Gasteiger partial charge in [-0.05, 0) is 29.0 Å². The van der Waals surface area contributed by atoms with Crippen LogP contribution in [-0.4, -0.2) is 17.2 Å². The minimum absolute atomic E-state index is 0.139. The summed E-state index contributed by atoms with van der Waals surface area (Å²) in [6.45, 7) is 4.43. The molecule has 0 saturated heterocycles. The normalized spacial score (nSPS) is 11.8. The number of alkyl carbamates (subject to hydrolysis) is 1. The number of carboxylic acid groups (broad SMARTS) is 1. The van der Waals surface area contributed by atoms with Crippen molar-refractivity contribution in [2.75, 3.05) is 0 Å². The maximum absolute atomic E-state index is 12.1. The molecule has 138 valence electrons. The SMILES string of the molecule is CC(C)Cc1ccc([C@@H](CC(=O)O)NC(=O)OCc2ccccc2)cc1. The smallest absolute Gasteiger partial charge is 0.407 e. The molecule has 2 N–H and O–H groups in total. The van der Waals surface area contributed by atoms with E-state index in [1.54, 1.807) is 0 Å². The summed E-state index contributed by atoms with van der Waals surface area (Å²) < 4.78 is 5.20. The lowest BCUT2D eigenvalue weighted by atomic mass is 9.98. The number of carboxylic acids is 1. The van der Waals surface area contributed by atoms with Crippen molar-refractivity contribution in [3.8, 4) is 0 Å². The highest BCUT2D eigenvalue weighted by atomic mass is 16.5. The molecular weight excluding hydrogens is 330 g/mol. The number of ether oxygens (including phenoxy) is 1. The van der Waals surface area contributed by atoms with Crippen LogP contribution >= 0.6 is 0 Å². The van der Waals surface area contributed by atoms with Gasteiger partial charge in [-0.25, -0.2) is 4.79 Å². The van der Waals surface area contributed by atoms with Crippen LogP contribution in [0, 0.1) is 5.92 Å². The molecule has 0 bridgehead atoms. The minimum atomic E-state index is -0.982. The molecule has 0 heterocycles. The molecule has 5 nitrogen and oxygen atoms in total. The molecule has 26 heavy (non-hydrogen) atoms. The maximum Gasteiger partial charge on any atom is 0.407 e. The zero-order chi connectivity index (χ0) is 18.9. The van der Waals surface area contributed by atoms with Crippen molar-refractivity contribution in [3.63, 3.8) is 0 Å². The first-order valence-corrected chi connectivity index (χ1v) is 8.72. The van der Waals surface area contributed by atoms with Crippen molar-refractivity contribution >= 4 is 12.1 Å². The van der Waals surface area contributed by atoms with Crippen LogP contribution in [0.3, 0.4) is 0 Å². The molecule has 0 aliphatic carbocycles. The van der Waals surface area contributed by atoms with E-state index in [-0.39, 0.29) is 13.0 Å². The molecule has 0 aliphatic rings. The van der Waals surface area contributed by atoms with Crippen molar-refractivity contribution in [3.05, 3.63) is 71.3 Å². The summed E-state index contributed by atoms with van der Waals surface area (Å²) in [7, 11) is 0. The summed E-state index contributed by atoms with van der Waals surface area (Å²) in [5.74, 6) is -0.439. The lowest BCUT2D eigenvalue weighted by molar-refractivity contribution is -0.137. The zero-order valence-corrected chi connectivity index (χ0v) is 15.1. The predicted molar refractivity (Wildman–Crippen MR) is 99.7 cm³/mol. The van der Waals surface area contributed by atoms with E-state index < -0.39 is 18.1 Å². The number of amides is 1. The number of carbonyl (C=O) groups excluding carboxylic acids is 1. The first-order chi connectivity index (χ1) is 12.4. The van der Waals surface area contributed by atoms with E-state index in [1.807, 2.05) is 54.6 Å². The highest BCUT2D eigenvalue weighted by Gasteiger charge is 2.19. The molecule has 0 aromatic heterocycles. The lowest BCUT2D eigenvalue weighted by Crippen LogP contribution is -2.30. The Bertz CT molecular complexity index is 711. The number of aliphatic carboxylic acids is 1. The second-order valence-corrected chi connectivity index (χ2v) is 6.70. The molecule has 0 unspecified atom stereocenters. The van der Waals surface area contributed by atoms with Gasteiger partial charge in [0.15, 0.2) is 0 Å². The Labute approximate surface area is 154 Å². The quantitative estimate of drug-likeness (QED) is 0.739. The summed E-state index contributed by atoms with van der Waals surface area (Å²) in [5.41, 5.74) is 2.80. The van der Waals surface area contributed by atoms with Gasteiger partial charge in [-0.3, -0.25) is 4.79 Å². The largest absolute Gasteiger partial charge is 0.481 e. The number of hydrogen-bond donors (Lipinski definition) is 2. The summed E-state index contributed by atoms with van der Waals surface area (Å²) in [6.07, 6.45) is 0.117. The fourth-order valence-corrected chi connectivity index (χ4v) is 2.69. The third-order valence-electron chi connectivity index (χ3n) is 3.91. The Kier molecular flexibility index (Phi) is 7.21. The second kappa shape index (κ2) is 9.61. The van der Waals surface area contributed by atoms with E-state index in [2.05, 4.69) is 19.2 Å². The average Bonchev–Trinajstić information content (AvgIpc) is 2.60. The molecule has 0 fully saturated rings. The van der Waals surface area contributed by atoms with Gasteiger partial charge in [0.2, 0.25) is 0 Å². The molecule has 0 aliphatic heterocycles. The molecule has 2 rings (SSSR count). The van der Waals surface area contributed by atoms with Crippen LogP contribution in [0.2, 0.25) is 0 Å². The highest BCUT2D eigenvalue weighted by molar-refractivity contribution is 5.72. The molecule has 5 heteroatoms. The Morgan fingerprint density at radius 2 is 1.65 bits per heavy atom. The van der Waals surface area contributed by atoms with Crippen LogP contribution in [0.5, 0.6) is 0 Å². The Morgan fingerprint density at radius 1 is 1.00 bits per heavy atom. The number of rotatable bonds is 8. The van der Waals surface area contributed by atoms with E-state index >= 15 is 0 Å². The molecule has 2 aromatic rings. The van der Waals surface area contributed by atoms with Gasteiger partial charge < -0.3 is 15.2 Å². The van der Waals surface area contributed by atoms with Crippen molar-refractivity contribution in [2.24, 2.45) is 5.92 Å². The second-order valence-electron chi connectivity index (χ2n) is 6.70. The van der Waals surface area contributed by atoms with Crippen LogP contribution < -0.4 is 5.32 Å². The van der Waals surface area contributed by atoms with Gasteiger partial charge in [0.1, 0.15) is 6.61 Å². The monoisotopic (exact) mass is 355 g/mol. The van der Waals surface area contributed by atoms with Crippen LogP contribution in [-0.2, 0) is 22.6 Å². The molecule has 1 amide bonds. The number of nitrogens with one attached hydrogen (secondary N) is 1. The van der Waals surface area contributed by atoms with Gasteiger partial charge in [0, 0.05) is 0 Å². The Balaban J connectivity index is 1.99. The standard InChI is InChI=1S/C21H25NO4/c1-15(2)12-16-8-10-18(11-9-16)19(13-20(23)24)22-21(25)26-14-17-6-4-3-5-7-17/h3-11,15,19H,12-14H2,1-2H3,(H,22,25)(H,23,24)/t19-/m1/s1. The number of carbonyl (C=O) groups is 2. The van der Waals surface area contributed by atoms with Gasteiger partial charge in [0.05, 0.1) is 12.5 Å². The van der Waals surface area contributed by atoms with E-state index in [4.69, 9.17) is 9.84 Å². The Morgan fingerprint density at radius 3 is 2.23 bits per heavy atom. The van der Waals surface area contributed by atoms with Gasteiger partial charge in [-0.2, -0.15) is 0 Å². The summed E-state index contributed by atoms with van der Waals surface area (Å²) in [4.78, 5) is 23.2. The van der Waals surface area contributed by atoms with E-state index in [0.29, 0.717) is 5.92 Å². The predicted octanol–water partition coefficient (Wildman–Crippen LogP) is 4.33. The molecule has 2 aromatic carbocycles. The van der Waals surface area contributed by atoms with E-state index in [0.717, 1.165) is 17.5 Å². The van der Waals surface area contributed by atoms with Crippen LogP contribution in [0.15, 0.2) is 54.6 Å². The summed E-state index contributed by atoms with van der Waals surface area (Å²) in [5, 5.41) is 11.8. The van der Waals surface area contributed by atoms with E-state index in [1.165, 1.54) is 5.56 Å². The van der Waals surface area contributed by atoms with Gasteiger partial charge in [-0.15, -0.1) is 0 Å². The first-order valence-electron chi connectivity index (χ1n) is 8.72. The summed E-state index contributed by atoms with van der Waals surface area (Å²) in [6, 6.07) is 16.4. The Hall–Kier alpha value is -2.82. The van der Waals surface area contributed by atoms with Crippen molar-refractivity contribution in [1.82, 2.24) is 5.32 Å². The average molecular weight is 355 g/mol. The number of hydrogen-bond acceptors (Lipinski definition) is 3. The van der Waals surface area contributed by atoms with Gasteiger partial charge in [0.25, 0.3) is 0 Å². The van der Waals surface area contributed by atoms with Crippen molar-refractivity contribution in [1.29, 1.82) is 0 Å². The molecule has 0 saturated carbocycles. The first kappa shape index (κ1) is 19.5. The fourth-order valence-electron chi connectivity index (χ4n) is 2.69. The molecular formula is C21H25NO4. The number of benzene rings is 2. The maximum atomic E-state index is 12.1. The topological polar surface area (TPSA) is 75.6 Å². The molecule has 0 radical (unpaired) electrons. The van der Waals surface area contributed by atoms with Crippen molar-refractivity contribution < 1.29 is 19.4 Å². The van der Waals surface area contributed by atoms with Crippen molar-refractivity contribution in [2.45, 2.75) is 39.3 Å². The third kappa shape index (κ3) is 6.59. The minimum Gasteiger partial charge on any atom is -0.481 e. The van der Waals surface area contributed by atoms with Crippen LogP contribution in [0.4, 0.5) is 4.79 Å². The lowest BCUT2D eigenvalue weighted by Gasteiger charge is -2.18. The van der Waals surface area contributed by atoms with Crippen LogP contribution in [0.25, 0.3) is 0 Å².